The van der Waals surface area contributed by atoms with Crippen molar-refractivity contribution in [2.75, 3.05) is 6.26 Å². The van der Waals surface area contributed by atoms with Crippen molar-refractivity contribution in [2.24, 2.45) is 0 Å². The van der Waals surface area contributed by atoms with E-state index in [2.05, 4.69) is 31.2 Å². The number of amides is 1. The lowest BCUT2D eigenvalue weighted by Gasteiger charge is -2.05. The van der Waals surface area contributed by atoms with Crippen LogP contribution in [0.5, 0.6) is 0 Å². The molecule has 0 fully saturated rings. The molecule has 27 heavy (non-hydrogen) atoms. The fourth-order valence-corrected chi connectivity index (χ4v) is 2.95. The first-order chi connectivity index (χ1) is 12.8. The van der Waals surface area contributed by atoms with Crippen LogP contribution in [0.25, 0.3) is 0 Å². The molecule has 0 unspecified atom stereocenters. The van der Waals surface area contributed by atoms with Crippen LogP contribution in [0.2, 0.25) is 0 Å². The van der Waals surface area contributed by atoms with Gasteiger partial charge in [0.2, 0.25) is 15.9 Å². The first kappa shape index (κ1) is 25.6. The summed E-state index contributed by atoms with van der Waals surface area (Å²) in [5, 5.41) is 9.90. The van der Waals surface area contributed by atoms with Crippen LogP contribution in [0.15, 0.2) is 36.5 Å². The lowest BCUT2D eigenvalue weighted by atomic mass is 10.1. The van der Waals surface area contributed by atoms with E-state index in [0.29, 0.717) is 6.42 Å². The lowest BCUT2D eigenvalue weighted by Crippen LogP contribution is -2.28. The maximum Gasteiger partial charge on any atom is 0.233 e. The standard InChI is InChI=1S/C21H37NO4S/c1-3-4-5-6-11-14-17-20(23)18-15-12-9-7-8-10-13-16-19-21(24)22-27(2,25)26/h8-12,14,20,23H,3-7,13,15-19H2,1-2H3,(H,22,24)/b10-8-,12-9-,14-11-/t20-/m0/s1. The van der Waals surface area contributed by atoms with Crippen LogP contribution in [0.1, 0.15) is 77.6 Å². The second-order valence-corrected chi connectivity index (χ2v) is 8.55. The minimum absolute atomic E-state index is 0.207. The van der Waals surface area contributed by atoms with Gasteiger partial charge in [-0.15, -0.1) is 0 Å². The number of hydrogen-bond acceptors (Lipinski definition) is 4. The predicted molar refractivity (Wildman–Crippen MR) is 113 cm³/mol. The highest BCUT2D eigenvalue weighted by Gasteiger charge is 2.06. The molecule has 0 aromatic carbocycles. The van der Waals surface area contributed by atoms with E-state index in [9.17, 15) is 18.3 Å². The van der Waals surface area contributed by atoms with Crippen molar-refractivity contribution in [3.8, 4) is 0 Å². The summed E-state index contributed by atoms with van der Waals surface area (Å²) < 4.78 is 23.7. The van der Waals surface area contributed by atoms with Gasteiger partial charge >= 0.3 is 0 Å². The van der Waals surface area contributed by atoms with Gasteiger partial charge in [-0.3, -0.25) is 9.52 Å². The third-order valence-electron chi connectivity index (χ3n) is 3.90. The molecule has 0 aliphatic carbocycles. The normalized spacial score (nSPS) is 13.7. The number of carbonyl (C=O) groups excluding carboxylic acids is 1. The van der Waals surface area contributed by atoms with Crippen molar-refractivity contribution in [2.45, 2.75) is 83.7 Å². The number of sulfonamides is 1. The molecule has 0 saturated carbocycles. The van der Waals surface area contributed by atoms with Gasteiger partial charge in [0, 0.05) is 6.42 Å². The highest BCUT2D eigenvalue weighted by molar-refractivity contribution is 7.89. The summed E-state index contributed by atoms with van der Waals surface area (Å²) >= 11 is 0. The Balaban J connectivity index is 3.60. The fourth-order valence-electron chi connectivity index (χ4n) is 2.43. The van der Waals surface area contributed by atoms with Gasteiger partial charge in [-0.05, 0) is 51.4 Å². The van der Waals surface area contributed by atoms with Crippen LogP contribution in [0, 0.1) is 0 Å². The van der Waals surface area contributed by atoms with E-state index >= 15 is 0 Å². The molecule has 0 aromatic heterocycles. The Hall–Kier alpha value is -1.40. The van der Waals surface area contributed by atoms with E-state index in [4.69, 9.17) is 0 Å². The van der Waals surface area contributed by atoms with Crippen molar-refractivity contribution < 1.29 is 18.3 Å². The fraction of sp³-hybridized carbons (Fsp3) is 0.667. The molecule has 0 aliphatic rings. The first-order valence-corrected chi connectivity index (χ1v) is 11.9. The molecule has 156 valence electrons. The molecular weight excluding hydrogens is 362 g/mol. The summed E-state index contributed by atoms with van der Waals surface area (Å²) in [5.74, 6) is -0.458. The maximum atomic E-state index is 11.3. The Kier molecular flexibility index (Phi) is 15.9. The molecule has 6 heteroatoms. The van der Waals surface area contributed by atoms with Crippen molar-refractivity contribution in [1.82, 2.24) is 4.72 Å². The number of unbranched alkanes of at least 4 members (excludes halogenated alkanes) is 4. The topological polar surface area (TPSA) is 83.5 Å². The second kappa shape index (κ2) is 16.8. The molecule has 0 bridgehead atoms. The van der Waals surface area contributed by atoms with Crippen molar-refractivity contribution in [3.05, 3.63) is 36.5 Å². The molecule has 5 nitrogen and oxygen atoms in total. The third kappa shape index (κ3) is 20.8. The molecule has 1 amide bonds. The minimum Gasteiger partial charge on any atom is -0.393 e. The van der Waals surface area contributed by atoms with Crippen LogP contribution >= 0.6 is 0 Å². The molecule has 2 N–H and O–H groups in total. The Bertz CT molecular complexity index is 565. The average Bonchev–Trinajstić information content (AvgIpc) is 2.58. The SMILES string of the molecule is CCCCC/C=C\C[C@H](O)CC/C=C\C/C=C\CCCC(=O)NS(C)(=O)=O. The van der Waals surface area contributed by atoms with Crippen LogP contribution < -0.4 is 4.72 Å². The summed E-state index contributed by atoms with van der Waals surface area (Å²) in [4.78, 5) is 11.3. The molecule has 0 aromatic rings. The van der Waals surface area contributed by atoms with E-state index in [1.165, 1.54) is 19.3 Å². The number of allylic oxidation sites excluding steroid dienone is 5. The quantitative estimate of drug-likeness (QED) is 0.298. The molecule has 0 heterocycles. The Morgan fingerprint density at radius 2 is 1.59 bits per heavy atom. The second-order valence-electron chi connectivity index (χ2n) is 6.80. The summed E-state index contributed by atoms with van der Waals surface area (Å²) in [5.41, 5.74) is 0. The number of aliphatic hydroxyl groups is 1. The summed E-state index contributed by atoms with van der Waals surface area (Å²) in [6.45, 7) is 2.20. The van der Waals surface area contributed by atoms with Crippen LogP contribution in [-0.4, -0.2) is 31.8 Å². The molecule has 0 spiro atoms. The average molecular weight is 400 g/mol. The number of hydrogen-bond donors (Lipinski definition) is 2. The smallest absolute Gasteiger partial charge is 0.233 e. The van der Waals surface area contributed by atoms with E-state index < -0.39 is 15.9 Å². The zero-order valence-electron chi connectivity index (χ0n) is 16.9. The number of carbonyl (C=O) groups is 1. The first-order valence-electron chi connectivity index (χ1n) is 9.98. The lowest BCUT2D eigenvalue weighted by molar-refractivity contribution is -0.119. The van der Waals surface area contributed by atoms with Crippen LogP contribution in [0.4, 0.5) is 0 Å². The molecular formula is C21H37NO4S. The number of nitrogens with one attached hydrogen (secondary N) is 1. The number of aliphatic hydroxyl groups excluding tert-OH is 1. The van der Waals surface area contributed by atoms with Gasteiger partial charge in [0.15, 0.2) is 0 Å². The van der Waals surface area contributed by atoms with E-state index in [-0.39, 0.29) is 12.5 Å². The zero-order chi connectivity index (χ0) is 20.4. The summed E-state index contributed by atoms with van der Waals surface area (Å²) in [6.07, 6.45) is 22.7. The van der Waals surface area contributed by atoms with E-state index in [0.717, 1.165) is 44.8 Å². The minimum atomic E-state index is -3.45. The highest BCUT2D eigenvalue weighted by atomic mass is 32.2. The number of rotatable bonds is 16. The summed E-state index contributed by atoms with van der Waals surface area (Å²) in [7, 11) is -3.45. The van der Waals surface area contributed by atoms with Gasteiger partial charge in [0.1, 0.15) is 0 Å². The maximum absolute atomic E-state index is 11.3. The van der Waals surface area contributed by atoms with Crippen LogP contribution in [-0.2, 0) is 14.8 Å². The third-order valence-corrected chi connectivity index (χ3v) is 4.49. The van der Waals surface area contributed by atoms with E-state index in [1.807, 2.05) is 16.9 Å². The highest BCUT2D eigenvalue weighted by Crippen LogP contribution is 2.06. The Morgan fingerprint density at radius 1 is 0.963 bits per heavy atom. The van der Waals surface area contributed by atoms with Gasteiger partial charge in [0.25, 0.3) is 0 Å². The van der Waals surface area contributed by atoms with Gasteiger partial charge < -0.3 is 5.11 Å². The van der Waals surface area contributed by atoms with Gasteiger partial charge in [-0.1, -0.05) is 56.2 Å². The molecule has 0 radical (unpaired) electrons. The molecule has 0 aliphatic heterocycles. The Morgan fingerprint density at radius 3 is 2.26 bits per heavy atom. The van der Waals surface area contributed by atoms with Gasteiger partial charge in [0.05, 0.1) is 12.4 Å². The largest absolute Gasteiger partial charge is 0.393 e. The summed E-state index contributed by atoms with van der Waals surface area (Å²) in [6, 6.07) is 0. The van der Waals surface area contributed by atoms with Gasteiger partial charge in [-0.2, -0.15) is 0 Å². The molecule has 0 rings (SSSR count). The zero-order valence-corrected chi connectivity index (χ0v) is 17.7. The monoisotopic (exact) mass is 399 g/mol. The van der Waals surface area contributed by atoms with Gasteiger partial charge in [-0.25, -0.2) is 8.42 Å². The van der Waals surface area contributed by atoms with E-state index in [1.54, 1.807) is 0 Å². The van der Waals surface area contributed by atoms with Crippen molar-refractivity contribution in [1.29, 1.82) is 0 Å². The van der Waals surface area contributed by atoms with Crippen LogP contribution in [0.3, 0.4) is 0 Å². The molecule has 1 atom stereocenters. The molecule has 0 saturated heterocycles. The Labute approximate surface area is 165 Å². The predicted octanol–water partition coefficient (Wildman–Crippen LogP) is 4.40. The van der Waals surface area contributed by atoms with Crippen molar-refractivity contribution >= 4 is 15.9 Å². The van der Waals surface area contributed by atoms with Crippen molar-refractivity contribution in [3.63, 3.8) is 0 Å².